The van der Waals surface area contributed by atoms with Gasteiger partial charge in [0.15, 0.2) is 0 Å². The molecule has 1 aliphatic rings. The van der Waals surface area contributed by atoms with Gasteiger partial charge in [-0.1, -0.05) is 13.3 Å². The molecule has 0 bridgehead atoms. The van der Waals surface area contributed by atoms with Crippen molar-refractivity contribution in [3.8, 4) is 0 Å². The van der Waals surface area contributed by atoms with Crippen molar-refractivity contribution in [2.24, 2.45) is 5.92 Å². The first-order chi connectivity index (χ1) is 10.6. The van der Waals surface area contributed by atoms with Crippen LogP contribution in [0.4, 0.5) is 4.79 Å². The quantitative estimate of drug-likeness (QED) is 0.502. The number of ether oxygens (including phenoxy) is 1. The Hall–Kier alpha value is -1.30. The second-order valence-corrected chi connectivity index (χ2v) is 6.14. The van der Waals surface area contributed by atoms with Gasteiger partial charge in [0.05, 0.1) is 7.11 Å². The van der Waals surface area contributed by atoms with Crippen LogP contribution < -0.4 is 10.6 Å². The summed E-state index contributed by atoms with van der Waals surface area (Å²) in [7, 11) is 1.39. The van der Waals surface area contributed by atoms with Gasteiger partial charge in [-0.15, -0.1) is 0 Å². The van der Waals surface area contributed by atoms with E-state index in [-0.39, 0.29) is 12.0 Å². The molecule has 0 aromatic rings. The highest BCUT2D eigenvalue weighted by Crippen LogP contribution is 2.10. The molecule has 0 saturated carbocycles. The first-order valence-corrected chi connectivity index (χ1v) is 8.42. The standard InChI is InChI=1S/C16H31N3O3/c1-14(13-19-10-6-3-7-11-19)12-18-16(21)17-9-5-4-8-15(20)22-2/h14H,3-13H2,1-2H3,(H2,17,18,21). The van der Waals surface area contributed by atoms with Gasteiger partial charge in [0.1, 0.15) is 0 Å². The molecule has 1 fully saturated rings. The summed E-state index contributed by atoms with van der Waals surface area (Å²) in [6.45, 7) is 6.89. The van der Waals surface area contributed by atoms with Crippen LogP contribution in [0.2, 0.25) is 0 Å². The molecule has 1 atom stereocenters. The van der Waals surface area contributed by atoms with Gasteiger partial charge in [0, 0.05) is 26.1 Å². The number of urea groups is 1. The molecule has 1 aliphatic heterocycles. The van der Waals surface area contributed by atoms with E-state index in [2.05, 4.69) is 27.2 Å². The van der Waals surface area contributed by atoms with E-state index >= 15 is 0 Å². The Balaban J connectivity index is 1.98. The maximum atomic E-state index is 11.7. The number of amides is 2. The Morgan fingerprint density at radius 2 is 1.86 bits per heavy atom. The SMILES string of the molecule is COC(=O)CCCCNC(=O)NCC(C)CN1CCCCC1. The molecule has 0 aliphatic carbocycles. The van der Waals surface area contributed by atoms with Gasteiger partial charge in [0.2, 0.25) is 0 Å². The Labute approximate surface area is 134 Å². The van der Waals surface area contributed by atoms with Crippen LogP contribution in [0.5, 0.6) is 0 Å². The van der Waals surface area contributed by atoms with Crippen LogP contribution in [0.3, 0.4) is 0 Å². The van der Waals surface area contributed by atoms with Crippen molar-refractivity contribution in [1.29, 1.82) is 0 Å². The van der Waals surface area contributed by atoms with Crippen molar-refractivity contribution in [2.45, 2.75) is 45.4 Å². The largest absolute Gasteiger partial charge is 0.469 e. The maximum Gasteiger partial charge on any atom is 0.314 e. The zero-order valence-electron chi connectivity index (χ0n) is 14.0. The van der Waals surface area contributed by atoms with E-state index in [0.717, 1.165) is 19.4 Å². The predicted octanol–water partition coefficient (Wildman–Crippen LogP) is 1.75. The average Bonchev–Trinajstić information content (AvgIpc) is 2.53. The fraction of sp³-hybridized carbons (Fsp3) is 0.875. The highest BCUT2D eigenvalue weighted by Gasteiger charge is 2.13. The number of piperidine rings is 1. The van der Waals surface area contributed by atoms with Crippen molar-refractivity contribution >= 4 is 12.0 Å². The van der Waals surface area contributed by atoms with Crippen LogP contribution in [-0.4, -0.2) is 56.7 Å². The molecule has 0 radical (unpaired) electrons. The van der Waals surface area contributed by atoms with Crippen LogP contribution >= 0.6 is 0 Å². The number of carbonyl (C=O) groups is 2. The van der Waals surface area contributed by atoms with Crippen molar-refractivity contribution in [3.63, 3.8) is 0 Å². The Morgan fingerprint density at radius 1 is 1.14 bits per heavy atom. The second kappa shape index (κ2) is 11.3. The van der Waals surface area contributed by atoms with E-state index in [1.807, 2.05) is 0 Å². The minimum absolute atomic E-state index is 0.122. The number of nitrogens with one attached hydrogen (secondary N) is 2. The number of rotatable bonds is 9. The van der Waals surface area contributed by atoms with Crippen LogP contribution in [0.15, 0.2) is 0 Å². The summed E-state index contributed by atoms with van der Waals surface area (Å²) in [6.07, 6.45) is 5.87. The second-order valence-electron chi connectivity index (χ2n) is 6.14. The number of esters is 1. The molecule has 0 aromatic heterocycles. The zero-order valence-corrected chi connectivity index (χ0v) is 14.0. The summed E-state index contributed by atoms with van der Waals surface area (Å²) in [5.41, 5.74) is 0. The summed E-state index contributed by atoms with van der Waals surface area (Å²) in [6, 6.07) is -0.122. The topological polar surface area (TPSA) is 70.7 Å². The zero-order chi connectivity index (χ0) is 16.2. The van der Waals surface area contributed by atoms with E-state index in [9.17, 15) is 9.59 Å². The van der Waals surface area contributed by atoms with Gasteiger partial charge in [-0.2, -0.15) is 0 Å². The first kappa shape index (κ1) is 18.7. The van der Waals surface area contributed by atoms with E-state index in [0.29, 0.717) is 25.4 Å². The third kappa shape index (κ3) is 8.87. The number of likely N-dealkylation sites (tertiary alicyclic amines) is 1. The maximum absolute atomic E-state index is 11.7. The highest BCUT2D eigenvalue weighted by molar-refractivity contribution is 5.73. The van der Waals surface area contributed by atoms with Gasteiger partial charge in [-0.25, -0.2) is 4.79 Å². The third-order valence-corrected chi connectivity index (χ3v) is 3.95. The molecule has 22 heavy (non-hydrogen) atoms. The van der Waals surface area contributed by atoms with Crippen molar-refractivity contribution in [1.82, 2.24) is 15.5 Å². The monoisotopic (exact) mass is 313 g/mol. The van der Waals surface area contributed by atoms with Crippen molar-refractivity contribution < 1.29 is 14.3 Å². The summed E-state index contributed by atoms with van der Waals surface area (Å²) in [4.78, 5) is 25.1. The molecule has 6 nitrogen and oxygen atoms in total. The number of unbranched alkanes of at least 4 members (excludes halogenated alkanes) is 1. The lowest BCUT2D eigenvalue weighted by molar-refractivity contribution is -0.140. The fourth-order valence-electron chi connectivity index (χ4n) is 2.68. The summed E-state index contributed by atoms with van der Waals surface area (Å²) >= 11 is 0. The molecule has 1 heterocycles. The molecule has 1 saturated heterocycles. The summed E-state index contributed by atoms with van der Waals surface area (Å²) < 4.78 is 4.56. The number of hydrogen-bond donors (Lipinski definition) is 2. The van der Waals surface area contributed by atoms with E-state index in [1.54, 1.807) is 0 Å². The summed E-state index contributed by atoms with van der Waals surface area (Å²) in [5, 5.41) is 5.73. The Bertz CT molecular complexity index is 331. The van der Waals surface area contributed by atoms with Crippen molar-refractivity contribution in [2.75, 3.05) is 39.8 Å². The predicted molar refractivity (Wildman–Crippen MR) is 86.7 cm³/mol. The third-order valence-electron chi connectivity index (χ3n) is 3.95. The molecular weight excluding hydrogens is 282 g/mol. The van der Waals surface area contributed by atoms with Crippen LogP contribution in [0.25, 0.3) is 0 Å². The fourth-order valence-corrected chi connectivity index (χ4v) is 2.68. The minimum Gasteiger partial charge on any atom is -0.469 e. The number of nitrogens with zero attached hydrogens (tertiary/aromatic N) is 1. The van der Waals surface area contributed by atoms with E-state index < -0.39 is 0 Å². The highest BCUT2D eigenvalue weighted by atomic mass is 16.5. The molecule has 1 rings (SSSR count). The van der Waals surface area contributed by atoms with Crippen LogP contribution in [0, 0.1) is 5.92 Å². The van der Waals surface area contributed by atoms with Gasteiger partial charge in [-0.3, -0.25) is 4.79 Å². The Kier molecular flexibility index (Phi) is 9.62. The minimum atomic E-state index is -0.198. The van der Waals surface area contributed by atoms with Gasteiger partial charge < -0.3 is 20.3 Å². The van der Waals surface area contributed by atoms with Gasteiger partial charge in [0.25, 0.3) is 0 Å². The van der Waals surface area contributed by atoms with Crippen LogP contribution in [-0.2, 0) is 9.53 Å². The van der Waals surface area contributed by atoms with Crippen molar-refractivity contribution in [3.05, 3.63) is 0 Å². The lowest BCUT2D eigenvalue weighted by atomic mass is 10.1. The molecule has 6 heteroatoms. The molecular formula is C16H31N3O3. The van der Waals surface area contributed by atoms with E-state index in [4.69, 9.17) is 0 Å². The molecule has 0 aromatic carbocycles. The first-order valence-electron chi connectivity index (χ1n) is 8.42. The number of hydrogen-bond acceptors (Lipinski definition) is 4. The van der Waals surface area contributed by atoms with Crippen LogP contribution in [0.1, 0.15) is 45.4 Å². The Morgan fingerprint density at radius 3 is 2.55 bits per heavy atom. The summed E-state index contributed by atoms with van der Waals surface area (Å²) in [5.74, 6) is 0.263. The van der Waals surface area contributed by atoms with E-state index in [1.165, 1.54) is 39.5 Å². The van der Waals surface area contributed by atoms with Gasteiger partial charge >= 0.3 is 12.0 Å². The molecule has 128 valence electrons. The average molecular weight is 313 g/mol. The smallest absolute Gasteiger partial charge is 0.314 e. The molecule has 2 amide bonds. The number of carbonyl (C=O) groups excluding carboxylic acids is 2. The lowest BCUT2D eigenvalue weighted by Gasteiger charge is -2.29. The molecule has 0 spiro atoms. The number of methoxy groups -OCH3 is 1. The normalized spacial score (nSPS) is 16.8. The molecule has 1 unspecified atom stereocenters. The lowest BCUT2D eigenvalue weighted by Crippen LogP contribution is -2.41. The molecule has 2 N–H and O–H groups in total. The van der Waals surface area contributed by atoms with Gasteiger partial charge in [-0.05, 0) is 44.7 Å².